The van der Waals surface area contributed by atoms with Crippen molar-refractivity contribution in [3.63, 3.8) is 0 Å². The SMILES string of the molecule is CC(C)(C)OC(=O)CC[C@H](NC(=O)OCC1c2ccccc2-c2ccccc21)C(=O)Nc1ccc2c(c1)[C@@]1(C)CCC[C@](C)(C(=O)NC(=O)[C@@]3(C)CCC[C@]4(C)c5cc(NC(=O)OC(C)(C)C)ccc5CC[C@@H]34)[C@@H]1CC2. The molecule has 2 fully saturated rings. The van der Waals surface area contributed by atoms with Crippen LogP contribution in [0.5, 0.6) is 0 Å². The Morgan fingerprint density at radius 1 is 0.605 bits per heavy atom. The molecule has 4 N–H and O–H groups in total. The molecule has 13 nitrogen and oxygen atoms in total. The number of carbonyl (C=O) groups excluding carboxylic acids is 6. The van der Waals surface area contributed by atoms with E-state index in [9.17, 15) is 28.8 Å². The number of anilines is 2. The van der Waals surface area contributed by atoms with E-state index in [2.05, 4.69) is 59.4 Å². The second-order valence-corrected chi connectivity index (χ2v) is 25.4. The van der Waals surface area contributed by atoms with E-state index in [0.717, 1.165) is 90.3 Å². The number of ether oxygens (including phenoxy) is 3. The molecule has 0 spiro atoms. The van der Waals surface area contributed by atoms with Gasteiger partial charge in [-0.1, -0.05) is 101 Å². The highest BCUT2D eigenvalue weighted by atomic mass is 16.6. The van der Waals surface area contributed by atoms with Gasteiger partial charge in [-0.25, -0.2) is 9.59 Å². The molecule has 5 aliphatic rings. The first-order valence-corrected chi connectivity index (χ1v) is 27.6. The fourth-order valence-electron chi connectivity index (χ4n) is 14.4. The van der Waals surface area contributed by atoms with Crippen LogP contribution in [0.2, 0.25) is 0 Å². The molecule has 13 heteroatoms. The summed E-state index contributed by atoms with van der Waals surface area (Å²) in [6.45, 7) is 19.4. The Morgan fingerprint density at radius 2 is 1.09 bits per heavy atom. The molecule has 9 rings (SSSR count). The van der Waals surface area contributed by atoms with E-state index in [1.807, 2.05) is 95.3 Å². The van der Waals surface area contributed by atoms with Crippen LogP contribution in [0.15, 0.2) is 84.9 Å². The van der Waals surface area contributed by atoms with Gasteiger partial charge in [0.1, 0.15) is 23.9 Å². The van der Waals surface area contributed by atoms with Crippen LogP contribution in [0.4, 0.5) is 21.0 Å². The Morgan fingerprint density at radius 3 is 1.59 bits per heavy atom. The zero-order chi connectivity index (χ0) is 54.6. The second kappa shape index (κ2) is 20.5. The number of amides is 5. The number of hydrogen-bond donors (Lipinski definition) is 4. The summed E-state index contributed by atoms with van der Waals surface area (Å²) in [5, 5.41) is 11.8. The monoisotopic (exact) mass is 1030 g/mol. The van der Waals surface area contributed by atoms with Crippen molar-refractivity contribution in [2.75, 3.05) is 17.2 Å². The molecular formula is C63H78N4O9. The van der Waals surface area contributed by atoms with E-state index in [1.165, 1.54) is 5.56 Å². The van der Waals surface area contributed by atoms with E-state index in [1.54, 1.807) is 20.8 Å². The maximum absolute atomic E-state index is 15.0. The highest BCUT2D eigenvalue weighted by molar-refractivity contribution is 6.01. The summed E-state index contributed by atoms with van der Waals surface area (Å²) < 4.78 is 17.0. The van der Waals surface area contributed by atoms with E-state index >= 15 is 0 Å². The molecule has 0 aromatic heterocycles. The second-order valence-electron chi connectivity index (χ2n) is 25.4. The van der Waals surface area contributed by atoms with Crippen molar-refractivity contribution in [3.8, 4) is 11.1 Å². The highest BCUT2D eigenvalue weighted by Gasteiger charge is 2.58. The lowest BCUT2D eigenvalue weighted by atomic mass is 9.49. The fourth-order valence-corrected chi connectivity index (χ4v) is 14.4. The zero-order valence-electron chi connectivity index (χ0n) is 46.3. The molecule has 76 heavy (non-hydrogen) atoms. The van der Waals surface area contributed by atoms with Crippen LogP contribution in [0.25, 0.3) is 11.1 Å². The van der Waals surface area contributed by atoms with Crippen molar-refractivity contribution in [3.05, 3.63) is 118 Å². The van der Waals surface area contributed by atoms with E-state index < -0.39 is 57.6 Å². The Kier molecular flexibility index (Phi) is 14.6. The summed E-state index contributed by atoms with van der Waals surface area (Å²) in [5.74, 6) is -1.76. The van der Waals surface area contributed by atoms with Crippen molar-refractivity contribution >= 4 is 47.3 Å². The van der Waals surface area contributed by atoms with Crippen LogP contribution in [0.3, 0.4) is 0 Å². The average molecular weight is 1040 g/mol. The molecule has 0 aliphatic heterocycles. The molecule has 0 heterocycles. The third-order valence-electron chi connectivity index (χ3n) is 17.9. The van der Waals surface area contributed by atoms with Crippen LogP contribution in [0.1, 0.15) is 173 Å². The summed E-state index contributed by atoms with van der Waals surface area (Å²) in [7, 11) is 0. The minimum atomic E-state index is -1.13. The van der Waals surface area contributed by atoms with Gasteiger partial charge in [0.15, 0.2) is 0 Å². The molecule has 5 amide bonds. The highest BCUT2D eigenvalue weighted by Crippen LogP contribution is 2.60. The van der Waals surface area contributed by atoms with Crippen LogP contribution in [-0.2, 0) is 57.1 Å². The summed E-state index contributed by atoms with van der Waals surface area (Å²) in [5.41, 5.74) is 6.22. The smallest absolute Gasteiger partial charge is 0.412 e. The Balaban J connectivity index is 0.894. The normalized spacial score (nSPS) is 25.8. The lowest BCUT2D eigenvalue weighted by Crippen LogP contribution is -2.60. The van der Waals surface area contributed by atoms with Crippen LogP contribution in [0, 0.1) is 22.7 Å². The number of carbonyl (C=O) groups is 6. The fraction of sp³-hybridized carbons (Fsp3) is 0.524. The number of nitrogens with one attached hydrogen (secondary N) is 4. The summed E-state index contributed by atoms with van der Waals surface area (Å²) in [4.78, 5) is 83.6. The van der Waals surface area contributed by atoms with Crippen molar-refractivity contribution in [2.24, 2.45) is 22.7 Å². The Labute approximate surface area is 448 Å². The molecule has 0 radical (unpaired) electrons. The van der Waals surface area contributed by atoms with Crippen molar-refractivity contribution in [1.29, 1.82) is 0 Å². The molecule has 0 unspecified atom stereocenters. The van der Waals surface area contributed by atoms with Crippen LogP contribution < -0.4 is 21.3 Å². The zero-order valence-corrected chi connectivity index (χ0v) is 46.3. The Hall–Kier alpha value is -6.50. The molecule has 0 saturated heterocycles. The third kappa shape index (κ3) is 10.6. The first-order valence-electron chi connectivity index (χ1n) is 27.6. The molecule has 7 atom stereocenters. The maximum atomic E-state index is 15.0. The van der Waals surface area contributed by atoms with Gasteiger partial charge >= 0.3 is 18.2 Å². The molecule has 4 aromatic carbocycles. The van der Waals surface area contributed by atoms with Crippen LogP contribution >= 0.6 is 0 Å². The van der Waals surface area contributed by atoms with E-state index in [0.29, 0.717) is 24.2 Å². The molecule has 0 bridgehead atoms. The predicted octanol–water partition coefficient (Wildman–Crippen LogP) is 12.4. The van der Waals surface area contributed by atoms with E-state index in [-0.39, 0.29) is 54.4 Å². The number of hydrogen-bond acceptors (Lipinski definition) is 9. The number of alkyl carbamates (subject to hydrolysis) is 1. The van der Waals surface area contributed by atoms with Gasteiger partial charge in [0.25, 0.3) is 0 Å². The van der Waals surface area contributed by atoms with Gasteiger partial charge in [0.05, 0.1) is 10.8 Å². The third-order valence-corrected chi connectivity index (χ3v) is 17.9. The predicted molar refractivity (Wildman–Crippen MR) is 294 cm³/mol. The number of imide groups is 1. The van der Waals surface area contributed by atoms with Crippen molar-refractivity contribution in [2.45, 2.75) is 180 Å². The summed E-state index contributed by atoms with van der Waals surface area (Å²) in [6.07, 6.45) is 6.26. The number of aryl methyl sites for hydroxylation is 2. The number of benzene rings is 4. The van der Waals surface area contributed by atoms with Gasteiger partial charge in [0, 0.05) is 23.7 Å². The quantitative estimate of drug-likeness (QED) is 0.0646. The van der Waals surface area contributed by atoms with Gasteiger partial charge in [-0.05, 0) is 191 Å². The average Bonchev–Trinajstić information content (AvgIpc) is 3.74. The first-order chi connectivity index (χ1) is 35.8. The van der Waals surface area contributed by atoms with Gasteiger partial charge in [-0.3, -0.25) is 29.8 Å². The maximum Gasteiger partial charge on any atom is 0.412 e. The minimum Gasteiger partial charge on any atom is -0.460 e. The van der Waals surface area contributed by atoms with Gasteiger partial charge in [-0.15, -0.1) is 0 Å². The Bertz CT molecular complexity index is 2910. The van der Waals surface area contributed by atoms with Crippen molar-refractivity contribution < 1.29 is 43.0 Å². The van der Waals surface area contributed by atoms with Crippen molar-refractivity contribution in [1.82, 2.24) is 10.6 Å². The van der Waals surface area contributed by atoms with Gasteiger partial charge in [-0.2, -0.15) is 0 Å². The number of rotatable bonds is 11. The molecular weight excluding hydrogens is 957 g/mol. The molecule has 2 saturated carbocycles. The standard InChI is InChI=1S/C63H78N4O9/c1-58(2,3)75-52(68)30-27-49(66-56(72)74-37-46-44-19-13-11-17-42(44)43-18-12-14-20-45(43)46)53(69)64-40-25-21-38-23-28-50-60(7,47(38)35-40)31-15-33-62(50,9)54(70)67-55(71)63(10)34-16-32-61(8)48-36-41(65-57(73)76-59(4,5)6)26-22-39(48)24-29-51(61)63/h11-14,17-22,25-26,35-36,46,49-51H,15-16,23-24,27-34,37H2,1-10H3,(H,64,69)(H,65,73)(H,66,72)(H,67,70,71)/t49-,50+,51+,60+,61+,62-,63-/m0/s1. The van der Waals surface area contributed by atoms with E-state index in [4.69, 9.17) is 14.2 Å². The summed E-state index contributed by atoms with van der Waals surface area (Å²) >= 11 is 0. The molecule has 4 aromatic rings. The molecule has 404 valence electrons. The van der Waals surface area contributed by atoms with Gasteiger partial charge < -0.3 is 24.8 Å². The number of fused-ring (bicyclic) bond motifs is 9. The lowest BCUT2D eigenvalue weighted by molar-refractivity contribution is -0.155. The number of esters is 1. The van der Waals surface area contributed by atoms with Crippen LogP contribution in [-0.4, -0.2) is 59.7 Å². The van der Waals surface area contributed by atoms with Gasteiger partial charge in [0.2, 0.25) is 17.7 Å². The largest absolute Gasteiger partial charge is 0.460 e. The molecule has 5 aliphatic carbocycles. The topological polar surface area (TPSA) is 178 Å². The summed E-state index contributed by atoms with van der Waals surface area (Å²) in [6, 6.07) is 27.0. The lowest BCUT2D eigenvalue weighted by Gasteiger charge is -2.56. The first kappa shape index (κ1) is 54.3. The minimum absolute atomic E-state index is 0.0254.